The van der Waals surface area contributed by atoms with Crippen molar-refractivity contribution in [1.82, 2.24) is 9.55 Å². The molecule has 0 radical (unpaired) electrons. The van der Waals surface area contributed by atoms with Gasteiger partial charge in [0.25, 0.3) is 0 Å². The first kappa shape index (κ1) is 14.8. The van der Waals surface area contributed by atoms with E-state index >= 15 is 0 Å². The van der Waals surface area contributed by atoms with Crippen LogP contribution in [0.3, 0.4) is 0 Å². The number of aromatic nitrogens is 2. The molecule has 0 unspecified atom stereocenters. The zero-order valence-corrected chi connectivity index (χ0v) is 11.5. The van der Waals surface area contributed by atoms with E-state index in [1.807, 2.05) is 0 Å². The van der Waals surface area contributed by atoms with Crippen LogP contribution in [0, 0.1) is 5.82 Å². The summed E-state index contributed by atoms with van der Waals surface area (Å²) in [6.07, 6.45) is 1.33. The van der Waals surface area contributed by atoms with Crippen LogP contribution in [-0.2, 0) is 11.3 Å². The molecular weight excluding hydrogens is 279 g/mol. The summed E-state index contributed by atoms with van der Waals surface area (Å²) in [4.78, 5) is 15.3. The van der Waals surface area contributed by atoms with Gasteiger partial charge in [-0.1, -0.05) is 0 Å². The maximum Gasteiger partial charge on any atom is 0.362 e. The molecule has 0 aliphatic heterocycles. The first-order valence-electron chi connectivity index (χ1n) is 6.41. The number of carbonyl (C=O) groups excluding carboxylic acids is 1. The van der Waals surface area contributed by atoms with Gasteiger partial charge in [-0.05, 0) is 31.2 Å². The zero-order valence-electron chi connectivity index (χ0n) is 11.5. The quantitative estimate of drug-likeness (QED) is 0.825. The second-order valence-corrected chi connectivity index (χ2v) is 4.13. The molecule has 7 heteroatoms. The number of hydrogen-bond donors (Lipinski definition) is 1. The summed E-state index contributed by atoms with van der Waals surface area (Å²) >= 11 is 0. The van der Waals surface area contributed by atoms with Crippen LogP contribution in [0.2, 0.25) is 0 Å². The Morgan fingerprint density at radius 3 is 2.76 bits per heavy atom. The van der Waals surface area contributed by atoms with Crippen molar-refractivity contribution in [3.05, 3.63) is 42.1 Å². The molecule has 0 fully saturated rings. The van der Waals surface area contributed by atoms with E-state index < -0.39 is 5.97 Å². The number of carbonyl (C=O) groups is 1. The highest BCUT2D eigenvalue weighted by Crippen LogP contribution is 2.17. The lowest BCUT2D eigenvalue weighted by atomic mass is 10.3. The van der Waals surface area contributed by atoms with E-state index in [4.69, 9.17) is 9.47 Å². The molecule has 0 saturated carbocycles. The predicted molar refractivity (Wildman–Crippen MR) is 71.7 cm³/mol. The van der Waals surface area contributed by atoms with Crippen LogP contribution in [-0.4, -0.2) is 33.8 Å². The number of esters is 1. The fourth-order valence-electron chi connectivity index (χ4n) is 1.68. The van der Waals surface area contributed by atoms with Crippen molar-refractivity contribution < 1.29 is 23.8 Å². The lowest BCUT2D eigenvalue weighted by Gasteiger charge is -2.07. The van der Waals surface area contributed by atoms with Gasteiger partial charge in [0.05, 0.1) is 19.5 Å². The largest absolute Gasteiger partial charge is 0.493 e. The Labute approximate surface area is 120 Å². The molecule has 1 N–H and O–H groups in total. The van der Waals surface area contributed by atoms with Gasteiger partial charge in [-0.3, -0.25) is 4.57 Å². The average Bonchev–Trinajstić information content (AvgIpc) is 2.83. The SMILES string of the molecule is CCOC(=O)c1ncn(CCOc2ccc(F)cc2)c1O. The lowest BCUT2D eigenvalue weighted by Crippen LogP contribution is -2.08. The molecular formula is C14H15FN2O4. The van der Waals surface area contributed by atoms with Gasteiger partial charge < -0.3 is 14.6 Å². The van der Waals surface area contributed by atoms with Gasteiger partial charge in [0.15, 0.2) is 0 Å². The van der Waals surface area contributed by atoms with Crippen molar-refractivity contribution in [2.75, 3.05) is 13.2 Å². The van der Waals surface area contributed by atoms with E-state index in [-0.39, 0.29) is 37.1 Å². The molecule has 6 nitrogen and oxygen atoms in total. The average molecular weight is 294 g/mol. The van der Waals surface area contributed by atoms with Gasteiger partial charge in [0, 0.05) is 0 Å². The molecule has 1 heterocycles. The first-order valence-corrected chi connectivity index (χ1v) is 6.41. The molecule has 0 aliphatic rings. The van der Waals surface area contributed by atoms with Gasteiger partial charge in [-0.15, -0.1) is 0 Å². The van der Waals surface area contributed by atoms with Crippen LogP contribution in [0.4, 0.5) is 4.39 Å². The minimum Gasteiger partial charge on any atom is -0.493 e. The molecule has 0 amide bonds. The molecule has 0 aliphatic carbocycles. The van der Waals surface area contributed by atoms with Crippen molar-refractivity contribution in [3.8, 4) is 11.6 Å². The standard InChI is InChI=1S/C14H15FN2O4/c1-2-20-14(19)12-13(18)17(9-16-12)7-8-21-11-5-3-10(15)4-6-11/h3-6,9,18H,2,7-8H2,1H3. The number of aromatic hydroxyl groups is 1. The highest BCUT2D eigenvalue weighted by molar-refractivity contribution is 5.89. The zero-order chi connectivity index (χ0) is 15.2. The third-order valence-corrected chi connectivity index (χ3v) is 2.69. The van der Waals surface area contributed by atoms with Gasteiger partial charge >= 0.3 is 5.97 Å². The second-order valence-electron chi connectivity index (χ2n) is 4.13. The minimum absolute atomic E-state index is 0.126. The van der Waals surface area contributed by atoms with Crippen molar-refractivity contribution in [3.63, 3.8) is 0 Å². The van der Waals surface area contributed by atoms with Crippen LogP contribution >= 0.6 is 0 Å². The Morgan fingerprint density at radius 2 is 2.10 bits per heavy atom. The Balaban J connectivity index is 1.92. The summed E-state index contributed by atoms with van der Waals surface area (Å²) in [5, 5.41) is 9.85. The van der Waals surface area contributed by atoms with E-state index in [1.165, 1.54) is 35.2 Å². The fourth-order valence-corrected chi connectivity index (χ4v) is 1.68. The summed E-state index contributed by atoms with van der Waals surface area (Å²) in [5.74, 6) is -0.764. The van der Waals surface area contributed by atoms with E-state index in [0.29, 0.717) is 5.75 Å². The Morgan fingerprint density at radius 1 is 1.38 bits per heavy atom. The number of rotatable bonds is 6. The summed E-state index contributed by atoms with van der Waals surface area (Å²) < 4.78 is 24.3. The van der Waals surface area contributed by atoms with Crippen LogP contribution in [0.1, 0.15) is 17.4 Å². The van der Waals surface area contributed by atoms with Crippen molar-refractivity contribution >= 4 is 5.97 Å². The molecule has 0 bridgehead atoms. The lowest BCUT2D eigenvalue weighted by molar-refractivity contribution is 0.0516. The van der Waals surface area contributed by atoms with Gasteiger partial charge in [-0.25, -0.2) is 14.2 Å². The summed E-state index contributed by atoms with van der Waals surface area (Å²) in [5.41, 5.74) is -0.126. The number of halogens is 1. The van der Waals surface area contributed by atoms with Crippen LogP contribution in [0.15, 0.2) is 30.6 Å². The smallest absolute Gasteiger partial charge is 0.362 e. The Hall–Kier alpha value is -2.57. The van der Waals surface area contributed by atoms with Gasteiger partial charge in [-0.2, -0.15) is 0 Å². The number of nitrogens with zero attached hydrogens (tertiary/aromatic N) is 2. The molecule has 0 spiro atoms. The second kappa shape index (κ2) is 6.74. The van der Waals surface area contributed by atoms with Crippen molar-refractivity contribution in [1.29, 1.82) is 0 Å². The topological polar surface area (TPSA) is 73.6 Å². The third-order valence-electron chi connectivity index (χ3n) is 2.69. The van der Waals surface area contributed by atoms with Crippen molar-refractivity contribution in [2.24, 2.45) is 0 Å². The number of hydrogen-bond acceptors (Lipinski definition) is 5. The molecule has 21 heavy (non-hydrogen) atoms. The third kappa shape index (κ3) is 3.71. The number of benzene rings is 1. The normalized spacial score (nSPS) is 10.4. The number of imidazole rings is 1. The Kier molecular flexibility index (Phi) is 4.76. The number of ether oxygens (including phenoxy) is 2. The maximum atomic E-state index is 12.7. The Bertz CT molecular complexity index is 610. The van der Waals surface area contributed by atoms with Gasteiger partial charge in [0.2, 0.25) is 11.6 Å². The van der Waals surface area contributed by atoms with E-state index in [1.54, 1.807) is 6.92 Å². The van der Waals surface area contributed by atoms with Gasteiger partial charge in [0.1, 0.15) is 18.2 Å². The first-order chi connectivity index (χ1) is 10.1. The molecule has 112 valence electrons. The monoisotopic (exact) mass is 294 g/mol. The predicted octanol–water partition coefficient (Wildman–Crippen LogP) is 1.98. The molecule has 1 aromatic carbocycles. The molecule has 1 aromatic heterocycles. The maximum absolute atomic E-state index is 12.7. The molecule has 0 saturated heterocycles. The van der Waals surface area contributed by atoms with E-state index in [9.17, 15) is 14.3 Å². The highest BCUT2D eigenvalue weighted by Gasteiger charge is 2.18. The van der Waals surface area contributed by atoms with Crippen LogP contribution in [0.5, 0.6) is 11.6 Å². The highest BCUT2D eigenvalue weighted by atomic mass is 19.1. The molecule has 2 aromatic rings. The summed E-state index contributed by atoms with van der Waals surface area (Å²) in [7, 11) is 0. The molecule has 0 atom stereocenters. The van der Waals surface area contributed by atoms with E-state index in [2.05, 4.69) is 4.98 Å². The minimum atomic E-state index is -0.673. The van der Waals surface area contributed by atoms with Crippen LogP contribution in [0.25, 0.3) is 0 Å². The fraction of sp³-hybridized carbons (Fsp3) is 0.286. The van der Waals surface area contributed by atoms with E-state index in [0.717, 1.165) is 0 Å². The summed E-state index contributed by atoms with van der Waals surface area (Å²) in [6.45, 7) is 2.40. The van der Waals surface area contributed by atoms with Crippen molar-refractivity contribution in [2.45, 2.75) is 13.5 Å². The summed E-state index contributed by atoms with van der Waals surface area (Å²) in [6, 6.07) is 5.60. The van der Waals surface area contributed by atoms with Crippen LogP contribution < -0.4 is 4.74 Å². The molecule has 2 rings (SSSR count).